The van der Waals surface area contributed by atoms with Crippen LogP contribution in [-0.2, 0) is 0 Å². The number of fused-ring (bicyclic) bond motifs is 3. The fourth-order valence-corrected chi connectivity index (χ4v) is 7.33. The van der Waals surface area contributed by atoms with Crippen molar-refractivity contribution in [3.05, 3.63) is 18.2 Å². The molecule has 3 atom stereocenters. The maximum atomic E-state index is 10.0. The Kier molecular flexibility index (Phi) is 14.2. The smallest absolute Gasteiger partial charge is 0.224 e. The van der Waals surface area contributed by atoms with Gasteiger partial charge in [-0.2, -0.15) is 0 Å². The van der Waals surface area contributed by atoms with Crippen LogP contribution in [0.1, 0.15) is 122 Å². The Balaban J connectivity index is 1.22. The number of aromatic nitrogens is 3. The van der Waals surface area contributed by atoms with E-state index in [1.54, 1.807) is 7.11 Å². The second kappa shape index (κ2) is 18.0. The van der Waals surface area contributed by atoms with Gasteiger partial charge in [-0.1, -0.05) is 103 Å². The summed E-state index contributed by atoms with van der Waals surface area (Å²) in [6.07, 6.45) is 23.6. The van der Waals surface area contributed by atoms with Gasteiger partial charge in [-0.3, -0.25) is 5.10 Å². The Morgan fingerprint density at radius 2 is 1.69 bits per heavy atom. The number of aromatic amines is 1. The van der Waals surface area contributed by atoms with Crippen LogP contribution in [0.15, 0.2) is 23.1 Å². The zero-order valence-electron chi connectivity index (χ0n) is 26.1. The van der Waals surface area contributed by atoms with E-state index in [0.717, 1.165) is 52.0 Å². The lowest BCUT2D eigenvalue weighted by molar-refractivity contribution is 0.110. The number of H-pyrrole nitrogens is 1. The van der Waals surface area contributed by atoms with E-state index in [2.05, 4.69) is 12.0 Å². The van der Waals surface area contributed by atoms with Crippen LogP contribution >= 0.6 is 11.8 Å². The minimum absolute atomic E-state index is 0.183. The Morgan fingerprint density at radius 1 is 1.00 bits per heavy atom. The second-order valence-electron chi connectivity index (χ2n) is 12.3. The van der Waals surface area contributed by atoms with E-state index in [-0.39, 0.29) is 12.7 Å². The SMILES string of the molecule is CCCCCCCCCCCCCCCC1CCCC(Oc2[nH]n3c(nc4cc(OC)ccc43)c2SCC(O)CO)C1. The predicted molar refractivity (Wildman–Crippen MR) is 174 cm³/mol. The van der Waals surface area contributed by atoms with E-state index in [1.807, 2.05) is 22.7 Å². The van der Waals surface area contributed by atoms with E-state index in [9.17, 15) is 10.2 Å². The summed E-state index contributed by atoms with van der Waals surface area (Å²) in [5, 5.41) is 22.9. The fourth-order valence-electron chi connectivity index (χ4n) is 6.38. The number of imidazole rings is 1. The minimum Gasteiger partial charge on any atom is -0.497 e. The molecule has 3 unspecified atom stereocenters. The third-order valence-corrected chi connectivity index (χ3v) is 10.1. The van der Waals surface area contributed by atoms with E-state index in [4.69, 9.17) is 14.5 Å². The number of nitrogens with zero attached hydrogens (tertiary/aromatic N) is 2. The minimum atomic E-state index is -0.790. The molecule has 0 aliphatic heterocycles. The molecule has 42 heavy (non-hydrogen) atoms. The fraction of sp³-hybridized carbons (Fsp3) is 0.735. The van der Waals surface area contributed by atoms with Gasteiger partial charge in [0.05, 0.1) is 30.9 Å². The van der Waals surface area contributed by atoms with Gasteiger partial charge >= 0.3 is 0 Å². The van der Waals surface area contributed by atoms with Crippen LogP contribution in [0.5, 0.6) is 11.6 Å². The molecule has 0 amide bonds. The number of hydrogen-bond acceptors (Lipinski definition) is 6. The van der Waals surface area contributed by atoms with Crippen LogP contribution < -0.4 is 9.47 Å². The Hall–Kier alpha value is -1.90. The molecule has 0 radical (unpaired) electrons. The van der Waals surface area contributed by atoms with Crippen molar-refractivity contribution in [2.45, 2.75) is 140 Å². The van der Waals surface area contributed by atoms with Crippen molar-refractivity contribution in [1.29, 1.82) is 0 Å². The molecule has 2 heterocycles. The summed E-state index contributed by atoms with van der Waals surface area (Å²) in [6, 6.07) is 5.86. The number of methoxy groups -OCH3 is 1. The lowest BCUT2D eigenvalue weighted by Crippen LogP contribution is -2.26. The first kappa shape index (κ1) is 33.0. The molecule has 3 aromatic rings. The molecule has 8 heteroatoms. The number of aliphatic hydroxyl groups is 2. The quantitative estimate of drug-likeness (QED) is 0.0836. The Bertz CT molecular complexity index is 1180. The zero-order chi connectivity index (χ0) is 29.6. The van der Waals surface area contributed by atoms with Gasteiger partial charge in [0.25, 0.3) is 0 Å². The van der Waals surface area contributed by atoms with Crippen molar-refractivity contribution in [3.8, 4) is 11.6 Å². The summed E-state index contributed by atoms with van der Waals surface area (Å²) in [5.74, 6) is 2.59. The van der Waals surface area contributed by atoms with Crippen LogP contribution in [0.4, 0.5) is 0 Å². The van der Waals surface area contributed by atoms with Crippen molar-refractivity contribution in [3.63, 3.8) is 0 Å². The molecule has 7 nitrogen and oxygen atoms in total. The van der Waals surface area contributed by atoms with Gasteiger partial charge in [-0.05, 0) is 37.3 Å². The number of rotatable bonds is 21. The number of unbranched alkanes of at least 4 members (excludes halogenated alkanes) is 12. The van der Waals surface area contributed by atoms with Gasteiger partial charge in [-0.25, -0.2) is 9.50 Å². The summed E-state index contributed by atoms with van der Waals surface area (Å²) in [7, 11) is 1.66. The molecule has 4 rings (SSSR count). The van der Waals surface area contributed by atoms with Gasteiger partial charge in [0.15, 0.2) is 5.65 Å². The molecular formula is C34H55N3O4S. The van der Waals surface area contributed by atoms with E-state index < -0.39 is 6.10 Å². The first-order valence-electron chi connectivity index (χ1n) is 16.8. The number of aliphatic hydroxyl groups excluding tert-OH is 2. The van der Waals surface area contributed by atoms with Crippen LogP contribution in [0.2, 0.25) is 0 Å². The molecule has 0 saturated heterocycles. The number of ether oxygens (including phenoxy) is 2. The van der Waals surface area contributed by atoms with Crippen LogP contribution in [0.3, 0.4) is 0 Å². The maximum Gasteiger partial charge on any atom is 0.224 e. The highest BCUT2D eigenvalue weighted by molar-refractivity contribution is 7.99. The van der Waals surface area contributed by atoms with E-state index in [1.165, 1.54) is 114 Å². The molecular weight excluding hydrogens is 546 g/mol. The van der Waals surface area contributed by atoms with Crippen LogP contribution in [0.25, 0.3) is 16.7 Å². The summed E-state index contributed by atoms with van der Waals surface area (Å²) in [6.45, 7) is 2.02. The second-order valence-corrected chi connectivity index (χ2v) is 13.4. The third-order valence-electron chi connectivity index (χ3n) is 8.85. The van der Waals surface area contributed by atoms with Crippen LogP contribution in [0, 0.1) is 5.92 Å². The van der Waals surface area contributed by atoms with E-state index in [0.29, 0.717) is 5.75 Å². The summed E-state index contributed by atoms with van der Waals surface area (Å²) < 4.78 is 14.0. The van der Waals surface area contributed by atoms with Gasteiger partial charge in [-0.15, -0.1) is 11.8 Å². The lowest BCUT2D eigenvalue weighted by atomic mass is 9.84. The Labute approximate surface area is 257 Å². The van der Waals surface area contributed by atoms with Gasteiger partial charge in [0.1, 0.15) is 16.7 Å². The molecule has 0 spiro atoms. The normalized spacial score (nSPS) is 18.2. The van der Waals surface area contributed by atoms with Crippen molar-refractivity contribution >= 4 is 28.4 Å². The number of hydrogen-bond donors (Lipinski definition) is 3. The van der Waals surface area contributed by atoms with Gasteiger partial charge in [0, 0.05) is 11.8 Å². The highest BCUT2D eigenvalue weighted by atomic mass is 32.2. The molecule has 1 aromatic carbocycles. The number of benzene rings is 1. The lowest BCUT2D eigenvalue weighted by Gasteiger charge is -2.29. The maximum absolute atomic E-state index is 10.0. The standard InChI is InChI=1S/C34H55N3O4S/c1-3-4-5-6-7-8-9-10-11-12-13-14-15-17-26-18-16-19-29(22-26)41-34-32(42-25-27(39)24-38)33-35-30-23-28(40-2)20-21-31(30)37(33)36-34/h20-21,23,26-27,29,36,38-39H,3-19,22,24-25H2,1-2H3. The Morgan fingerprint density at radius 3 is 2.36 bits per heavy atom. The highest BCUT2D eigenvalue weighted by Gasteiger charge is 2.27. The average molecular weight is 602 g/mol. The highest BCUT2D eigenvalue weighted by Crippen LogP contribution is 2.38. The predicted octanol–water partition coefficient (Wildman–Crippen LogP) is 8.69. The molecule has 1 aliphatic carbocycles. The van der Waals surface area contributed by atoms with Gasteiger partial charge < -0.3 is 19.7 Å². The van der Waals surface area contributed by atoms with Crippen molar-refractivity contribution in [2.24, 2.45) is 5.92 Å². The monoisotopic (exact) mass is 601 g/mol. The van der Waals surface area contributed by atoms with E-state index >= 15 is 0 Å². The van der Waals surface area contributed by atoms with Crippen molar-refractivity contribution < 1.29 is 19.7 Å². The third kappa shape index (κ3) is 9.81. The molecule has 3 N–H and O–H groups in total. The molecule has 1 fully saturated rings. The summed E-state index contributed by atoms with van der Waals surface area (Å²) >= 11 is 1.48. The largest absolute Gasteiger partial charge is 0.497 e. The molecule has 236 valence electrons. The molecule has 1 saturated carbocycles. The average Bonchev–Trinajstić information content (AvgIpc) is 3.53. The van der Waals surface area contributed by atoms with Gasteiger partial charge in [0.2, 0.25) is 5.88 Å². The first-order valence-corrected chi connectivity index (χ1v) is 17.8. The number of thioether (sulfide) groups is 1. The first-order chi connectivity index (χ1) is 20.6. The zero-order valence-corrected chi connectivity index (χ0v) is 26.9. The topological polar surface area (TPSA) is 92.0 Å². The van der Waals surface area contributed by atoms with Crippen LogP contribution in [-0.4, -0.2) is 56.5 Å². The molecule has 1 aliphatic rings. The van der Waals surface area contributed by atoms with Crippen molar-refractivity contribution in [2.75, 3.05) is 19.5 Å². The molecule has 2 aromatic heterocycles. The number of nitrogens with one attached hydrogen (secondary N) is 1. The molecule has 0 bridgehead atoms. The summed E-state index contributed by atoms with van der Waals surface area (Å²) in [4.78, 5) is 5.75. The summed E-state index contributed by atoms with van der Waals surface area (Å²) in [5.41, 5.74) is 2.57. The van der Waals surface area contributed by atoms with Crippen molar-refractivity contribution in [1.82, 2.24) is 14.6 Å².